The van der Waals surface area contributed by atoms with Crippen molar-refractivity contribution < 1.29 is 41.8 Å². The number of aliphatic hydroxyl groups is 1. The summed E-state index contributed by atoms with van der Waals surface area (Å²) in [5, 5.41) is 9.29. The van der Waals surface area contributed by atoms with Gasteiger partial charge in [-0.15, -0.1) is 0 Å². The molecule has 5 atom stereocenters. The third-order valence-electron chi connectivity index (χ3n) is 6.41. The maximum atomic E-state index is 12.0. The number of benzene rings is 3. The number of rotatable bonds is 15. The number of hydrogen-bond donors (Lipinski definition) is 2. The van der Waals surface area contributed by atoms with Crippen molar-refractivity contribution in [3.8, 4) is 0 Å². The molecule has 0 aliphatic carbocycles. The standard InChI is InChI=1S/C30H36O9S/c31-17-10-18-35-30-29(38-21-25-15-8-3-9-16-25)28(37-20-24-13-6-2-7-14-24)27(26(39-30)22-40(32,33)34)36-19-23-11-4-1-5-12-23/h1-9,11-16,26-31H,10,17-22H2,(H,32,33,34)/t26-,27+,28+,29-,30+/m1/s1. The molecule has 4 rings (SSSR count). The first-order valence-corrected chi connectivity index (χ1v) is 14.8. The molecule has 10 heteroatoms. The predicted octanol–water partition coefficient (Wildman–Crippen LogP) is 3.75. The summed E-state index contributed by atoms with van der Waals surface area (Å²) in [4.78, 5) is 0. The van der Waals surface area contributed by atoms with E-state index in [1.807, 2.05) is 91.0 Å². The lowest BCUT2D eigenvalue weighted by Gasteiger charge is -2.45. The van der Waals surface area contributed by atoms with Gasteiger partial charge in [0.2, 0.25) is 0 Å². The van der Waals surface area contributed by atoms with E-state index in [1.165, 1.54) is 0 Å². The minimum Gasteiger partial charge on any atom is -0.396 e. The zero-order valence-corrected chi connectivity index (χ0v) is 23.0. The summed E-state index contributed by atoms with van der Waals surface area (Å²) in [5.74, 6) is -0.719. The van der Waals surface area contributed by atoms with E-state index in [-0.39, 0.29) is 33.0 Å². The Morgan fingerprint density at radius 1 is 0.650 bits per heavy atom. The van der Waals surface area contributed by atoms with Crippen molar-refractivity contribution in [3.05, 3.63) is 108 Å². The van der Waals surface area contributed by atoms with Gasteiger partial charge in [-0.25, -0.2) is 0 Å². The van der Waals surface area contributed by atoms with E-state index in [0.29, 0.717) is 6.42 Å². The average Bonchev–Trinajstić information content (AvgIpc) is 2.96. The van der Waals surface area contributed by atoms with Crippen LogP contribution in [0.1, 0.15) is 23.1 Å². The lowest BCUT2D eigenvalue weighted by atomic mass is 9.98. The Labute approximate surface area is 235 Å². The van der Waals surface area contributed by atoms with Crippen LogP contribution >= 0.6 is 0 Å². The zero-order valence-electron chi connectivity index (χ0n) is 22.2. The van der Waals surface area contributed by atoms with Crippen LogP contribution in [0.25, 0.3) is 0 Å². The maximum Gasteiger partial charge on any atom is 0.267 e. The largest absolute Gasteiger partial charge is 0.396 e. The van der Waals surface area contributed by atoms with Gasteiger partial charge in [0.25, 0.3) is 10.1 Å². The van der Waals surface area contributed by atoms with Crippen LogP contribution in [0.2, 0.25) is 0 Å². The predicted molar refractivity (Wildman–Crippen MR) is 148 cm³/mol. The molecule has 216 valence electrons. The summed E-state index contributed by atoms with van der Waals surface area (Å²) in [5.41, 5.74) is 2.69. The monoisotopic (exact) mass is 572 g/mol. The van der Waals surface area contributed by atoms with Gasteiger partial charge in [0.1, 0.15) is 30.2 Å². The Balaban J connectivity index is 1.66. The summed E-state index contributed by atoms with van der Waals surface area (Å²) >= 11 is 0. The molecule has 0 spiro atoms. The van der Waals surface area contributed by atoms with Gasteiger partial charge < -0.3 is 28.8 Å². The van der Waals surface area contributed by atoms with Crippen molar-refractivity contribution >= 4 is 10.1 Å². The van der Waals surface area contributed by atoms with Crippen LogP contribution in [0.5, 0.6) is 0 Å². The minimum atomic E-state index is -4.45. The van der Waals surface area contributed by atoms with Gasteiger partial charge >= 0.3 is 0 Å². The van der Waals surface area contributed by atoms with Crippen LogP contribution in [0.4, 0.5) is 0 Å². The summed E-state index contributed by atoms with van der Waals surface area (Å²) in [7, 11) is -4.45. The van der Waals surface area contributed by atoms with E-state index in [2.05, 4.69) is 0 Å². The number of aliphatic hydroxyl groups excluding tert-OH is 1. The second-order valence-corrected chi connectivity index (χ2v) is 11.0. The van der Waals surface area contributed by atoms with Gasteiger partial charge in [-0.1, -0.05) is 91.0 Å². The highest BCUT2D eigenvalue weighted by atomic mass is 32.2. The fraction of sp³-hybridized carbons (Fsp3) is 0.400. The lowest BCUT2D eigenvalue weighted by molar-refractivity contribution is -0.319. The molecule has 0 radical (unpaired) electrons. The Morgan fingerprint density at radius 2 is 1.10 bits per heavy atom. The van der Waals surface area contributed by atoms with Crippen LogP contribution in [-0.2, 0) is 53.6 Å². The molecule has 3 aromatic carbocycles. The SMILES string of the molecule is O=S(=O)(O)C[C@H]1O[C@H](OCCCO)[C@H](OCc2ccccc2)[C@@H](OCc2ccccc2)[C@H]1OCc1ccccc1. The van der Waals surface area contributed by atoms with Crippen molar-refractivity contribution in [1.29, 1.82) is 0 Å². The normalized spacial score (nSPS) is 23.2. The molecule has 40 heavy (non-hydrogen) atoms. The van der Waals surface area contributed by atoms with Gasteiger partial charge in [-0.2, -0.15) is 8.42 Å². The molecule has 0 saturated carbocycles. The van der Waals surface area contributed by atoms with Crippen molar-refractivity contribution in [3.63, 3.8) is 0 Å². The second-order valence-electron chi connectivity index (χ2n) is 9.52. The molecular weight excluding hydrogens is 536 g/mol. The maximum absolute atomic E-state index is 12.0. The van der Waals surface area contributed by atoms with E-state index in [9.17, 15) is 18.1 Å². The van der Waals surface area contributed by atoms with Crippen molar-refractivity contribution in [2.45, 2.75) is 56.9 Å². The Morgan fingerprint density at radius 3 is 1.55 bits per heavy atom. The molecule has 0 aromatic heterocycles. The zero-order chi connectivity index (χ0) is 28.2. The molecule has 0 amide bonds. The molecule has 1 aliphatic heterocycles. The highest BCUT2D eigenvalue weighted by Crippen LogP contribution is 2.32. The summed E-state index contributed by atoms with van der Waals surface area (Å²) in [6.45, 7) is 0.626. The van der Waals surface area contributed by atoms with E-state index >= 15 is 0 Å². The van der Waals surface area contributed by atoms with Crippen molar-refractivity contribution in [1.82, 2.24) is 0 Å². The second kappa shape index (κ2) is 15.4. The Kier molecular flexibility index (Phi) is 11.6. The van der Waals surface area contributed by atoms with Gasteiger partial charge in [0.15, 0.2) is 6.29 Å². The molecule has 1 heterocycles. The first-order valence-electron chi connectivity index (χ1n) is 13.2. The topological polar surface area (TPSA) is 121 Å². The van der Waals surface area contributed by atoms with Gasteiger partial charge in [-0.05, 0) is 23.1 Å². The highest BCUT2D eigenvalue weighted by Gasteiger charge is 2.50. The van der Waals surface area contributed by atoms with E-state index in [4.69, 9.17) is 23.7 Å². The summed E-state index contributed by atoms with van der Waals surface area (Å²) in [6.07, 6.45) is -4.38. The van der Waals surface area contributed by atoms with Crippen LogP contribution in [-0.4, -0.2) is 67.7 Å². The van der Waals surface area contributed by atoms with E-state index in [0.717, 1.165) is 16.7 Å². The molecule has 9 nitrogen and oxygen atoms in total. The van der Waals surface area contributed by atoms with Crippen molar-refractivity contribution in [2.24, 2.45) is 0 Å². The fourth-order valence-electron chi connectivity index (χ4n) is 4.49. The molecule has 0 bridgehead atoms. The molecule has 1 fully saturated rings. The third-order valence-corrected chi connectivity index (χ3v) is 7.16. The van der Waals surface area contributed by atoms with Gasteiger partial charge in [-0.3, -0.25) is 4.55 Å². The minimum absolute atomic E-state index is 0.0898. The highest BCUT2D eigenvalue weighted by molar-refractivity contribution is 7.85. The van der Waals surface area contributed by atoms with Crippen LogP contribution in [0.3, 0.4) is 0 Å². The summed E-state index contributed by atoms with van der Waals surface area (Å²) in [6, 6.07) is 28.6. The fourth-order valence-corrected chi connectivity index (χ4v) is 5.17. The van der Waals surface area contributed by atoms with Gasteiger partial charge in [0, 0.05) is 6.61 Å². The molecule has 2 N–H and O–H groups in total. The van der Waals surface area contributed by atoms with Gasteiger partial charge in [0.05, 0.1) is 26.4 Å². The summed E-state index contributed by atoms with van der Waals surface area (Å²) < 4.78 is 65.0. The molecule has 0 unspecified atom stereocenters. The Hall–Kier alpha value is -2.67. The smallest absolute Gasteiger partial charge is 0.267 e. The average molecular weight is 573 g/mol. The van der Waals surface area contributed by atoms with E-state index in [1.54, 1.807) is 0 Å². The van der Waals surface area contributed by atoms with E-state index < -0.39 is 46.6 Å². The first-order chi connectivity index (χ1) is 19.4. The molecule has 1 saturated heterocycles. The van der Waals surface area contributed by atoms with Crippen LogP contribution in [0.15, 0.2) is 91.0 Å². The Bertz CT molecular complexity index is 1230. The quantitative estimate of drug-likeness (QED) is 0.207. The lowest BCUT2D eigenvalue weighted by Crippen LogP contribution is -2.62. The van der Waals surface area contributed by atoms with Crippen LogP contribution in [0, 0.1) is 0 Å². The van der Waals surface area contributed by atoms with Crippen molar-refractivity contribution in [2.75, 3.05) is 19.0 Å². The number of ether oxygens (including phenoxy) is 5. The molecule has 1 aliphatic rings. The van der Waals surface area contributed by atoms with Crippen LogP contribution < -0.4 is 0 Å². The third kappa shape index (κ3) is 9.46. The molecular formula is C30H36O9S. The number of hydrogen-bond acceptors (Lipinski definition) is 8. The molecule has 3 aromatic rings. The first kappa shape index (κ1) is 30.3.